The van der Waals surface area contributed by atoms with Crippen LogP contribution >= 0.6 is 0 Å². The average molecular weight is 143 g/mol. The van der Waals surface area contributed by atoms with Gasteiger partial charge in [0.15, 0.2) is 0 Å². The molecule has 1 radical (unpaired) electrons. The molecule has 0 saturated carbocycles. The summed E-state index contributed by atoms with van der Waals surface area (Å²) in [7, 11) is 0. The number of hydrogen-bond donors (Lipinski definition) is 0. The Balaban J connectivity index is 3.49. The van der Waals surface area contributed by atoms with Crippen molar-refractivity contribution in [3.05, 3.63) is 6.92 Å². The van der Waals surface area contributed by atoms with Crippen LogP contribution in [0.2, 0.25) is 0 Å². The fourth-order valence-electron chi connectivity index (χ4n) is 0.854. The lowest BCUT2D eigenvalue weighted by atomic mass is 10.2. The summed E-state index contributed by atoms with van der Waals surface area (Å²) in [6.45, 7) is 7.22. The van der Waals surface area contributed by atoms with Gasteiger partial charge in [-0.15, -0.1) is 0 Å². The molecule has 0 fully saturated rings. The van der Waals surface area contributed by atoms with Crippen molar-refractivity contribution in [2.45, 2.75) is 39.2 Å². The molecule has 0 aromatic carbocycles. The van der Waals surface area contributed by atoms with E-state index in [4.69, 9.17) is 4.74 Å². The molecule has 0 bridgehead atoms. The Kier molecular flexibility index (Phi) is 4.99. The van der Waals surface area contributed by atoms with Gasteiger partial charge in [0.1, 0.15) is 6.10 Å². The van der Waals surface area contributed by atoms with Crippen LogP contribution in [0.1, 0.15) is 33.1 Å². The molecule has 0 amide bonds. The van der Waals surface area contributed by atoms with Gasteiger partial charge in [0.05, 0.1) is 6.92 Å². The number of hydrogen-bond acceptors (Lipinski definition) is 2. The second-order valence-corrected chi connectivity index (χ2v) is 2.31. The highest BCUT2D eigenvalue weighted by molar-refractivity contribution is 5.73. The molecular formula is C8H15O2. The first kappa shape index (κ1) is 9.47. The van der Waals surface area contributed by atoms with E-state index in [0.717, 1.165) is 19.3 Å². The normalized spacial score (nSPS) is 12.7. The molecule has 0 rings (SSSR count). The molecule has 0 heterocycles. The van der Waals surface area contributed by atoms with Gasteiger partial charge in [-0.1, -0.05) is 20.3 Å². The third-order valence-electron chi connectivity index (χ3n) is 1.36. The molecule has 1 unspecified atom stereocenters. The van der Waals surface area contributed by atoms with Gasteiger partial charge >= 0.3 is 5.97 Å². The van der Waals surface area contributed by atoms with E-state index in [1.807, 2.05) is 6.92 Å². The first-order chi connectivity index (χ1) is 4.70. The van der Waals surface area contributed by atoms with Crippen LogP contribution in [0, 0.1) is 6.92 Å². The highest BCUT2D eigenvalue weighted by atomic mass is 16.5. The van der Waals surface area contributed by atoms with Crippen molar-refractivity contribution in [1.82, 2.24) is 0 Å². The minimum Gasteiger partial charge on any atom is -0.462 e. The predicted octanol–water partition coefficient (Wildman–Crippen LogP) is 1.94. The summed E-state index contributed by atoms with van der Waals surface area (Å²) < 4.78 is 4.89. The Morgan fingerprint density at radius 3 is 2.50 bits per heavy atom. The average Bonchev–Trinajstić information content (AvgIpc) is 1.86. The van der Waals surface area contributed by atoms with Crippen LogP contribution in [0.3, 0.4) is 0 Å². The van der Waals surface area contributed by atoms with Crippen LogP contribution in [-0.4, -0.2) is 12.1 Å². The number of carbonyl (C=O) groups excluding carboxylic acids is 1. The largest absolute Gasteiger partial charge is 0.462 e. The minimum absolute atomic E-state index is 0.0787. The van der Waals surface area contributed by atoms with E-state index >= 15 is 0 Å². The zero-order valence-corrected chi connectivity index (χ0v) is 6.72. The van der Waals surface area contributed by atoms with E-state index in [1.165, 1.54) is 0 Å². The molecule has 0 aromatic rings. The van der Waals surface area contributed by atoms with Gasteiger partial charge in [0, 0.05) is 0 Å². The number of rotatable bonds is 4. The second kappa shape index (κ2) is 5.27. The third-order valence-corrected chi connectivity index (χ3v) is 1.36. The lowest BCUT2D eigenvalue weighted by molar-refractivity contribution is -0.143. The van der Waals surface area contributed by atoms with Crippen molar-refractivity contribution in [2.24, 2.45) is 0 Å². The first-order valence-electron chi connectivity index (χ1n) is 3.73. The maximum atomic E-state index is 10.4. The molecule has 0 aliphatic carbocycles. The van der Waals surface area contributed by atoms with Gasteiger partial charge in [-0.3, -0.25) is 4.79 Å². The van der Waals surface area contributed by atoms with Crippen molar-refractivity contribution in [3.63, 3.8) is 0 Å². The molecule has 1 atom stereocenters. The van der Waals surface area contributed by atoms with Crippen molar-refractivity contribution in [2.75, 3.05) is 0 Å². The number of esters is 1. The second-order valence-electron chi connectivity index (χ2n) is 2.31. The van der Waals surface area contributed by atoms with Gasteiger partial charge in [0.25, 0.3) is 0 Å². The van der Waals surface area contributed by atoms with Crippen LogP contribution in [0.5, 0.6) is 0 Å². The van der Waals surface area contributed by atoms with Gasteiger partial charge in [-0.2, -0.15) is 0 Å². The van der Waals surface area contributed by atoms with Crippen molar-refractivity contribution >= 4 is 5.97 Å². The zero-order valence-electron chi connectivity index (χ0n) is 6.72. The van der Waals surface area contributed by atoms with E-state index in [9.17, 15) is 4.79 Å². The molecule has 2 heteroatoms. The van der Waals surface area contributed by atoms with E-state index in [0.29, 0.717) is 0 Å². The summed E-state index contributed by atoms with van der Waals surface area (Å²) >= 11 is 0. The van der Waals surface area contributed by atoms with Gasteiger partial charge in [-0.05, 0) is 12.8 Å². The monoisotopic (exact) mass is 143 g/mol. The highest BCUT2D eigenvalue weighted by Crippen LogP contribution is 2.05. The highest BCUT2D eigenvalue weighted by Gasteiger charge is 2.06. The smallest absolute Gasteiger partial charge is 0.306 e. The van der Waals surface area contributed by atoms with E-state index < -0.39 is 5.97 Å². The first-order valence-corrected chi connectivity index (χ1v) is 3.73. The maximum absolute atomic E-state index is 10.4. The minimum atomic E-state index is -0.416. The number of ether oxygens (including phenoxy) is 1. The van der Waals surface area contributed by atoms with Crippen molar-refractivity contribution in [3.8, 4) is 0 Å². The summed E-state index contributed by atoms with van der Waals surface area (Å²) in [4.78, 5) is 10.4. The summed E-state index contributed by atoms with van der Waals surface area (Å²) in [5, 5.41) is 0. The van der Waals surface area contributed by atoms with Crippen LogP contribution in [0.25, 0.3) is 0 Å². The molecule has 0 saturated heterocycles. The fraction of sp³-hybridized carbons (Fsp3) is 0.750. The molecule has 0 aliphatic rings. The van der Waals surface area contributed by atoms with E-state index in [2.05, 4.69) is 13.8 Å². The molecule has 0 spiro atoms. The van der Waals surface area contributed by atoms with E-state index in [-0.39, 0.29) is 6.10 Å². The summed E-state index contributed by atoms with van der Waals surface area (Å²) in [6.07, 6.45) is 2.95. The topological polar surface area (TPSA) is 26.3 Å². The molecule has 0 aromatic heterocycles. The Morgan fingerprint density at radius 2 is 2.20 bits per heavy atom. The Morgan fingerprint density at radius 1 is 1.60 bits per heavy atom. The Hall–Kier alpha value is -0.530. The van der Waals surface area contributed by atoms with Crippen LogP contribution in [0.15, 0.2) is 0 Å². The van der Waals surface area contributed by atoms with Gasteiger partial charge < -0.3 is 4.74 Å². The Bertz CT molecular complexity index is 99.4. The molecular weight excluding hydrogens is 128 g/mol. The maximum Gasteiger partial charge on any atom is 0.306 e. The molecule has 59 valence electrons. The molecule has 0 N–H and O–H groups in total. The SMILES string of the molecule is [CH2]C(=O)OC(CC)CCC. The molecule has 10 heavy (non-hydrogen) atoms. The Labute approximate surface area is 62.6 Å². The quantitative estimate of drug-likeness (QED) is 0.562. The van der Waals surface area contributed by atoms with Crippen molar-refractivity contribution in [1.29, 1.82) is 0 Å². The number of carbonyl (C=O) groups is 1. The van der Waals surface area contributed by atoms with E-state index in [1.54, 1.807) is 0 Å². The fourth-order valence-corrected chi connectivity index (χ4v) is 0.854. The molecule has 2 nitrogen and oxygen atoms in total. The lowest BCUT2D eigenvalue weighted by Gasteiger charge is -2.12. The van der Waals surface area contributed by atoms with Gasteiger partial charge in [0.2, 0.25) is 0 Å². The van der Waals surface area contributed by atoms with Crippen LogP contribution < -0.4 is 0 Å². The zero-order chi connectivity index (χ0) is 7.98. The summed E-state index contributed by atoms with van der Waals surface area (Å²) in [6, 6.07) is 0. The summed E-state index contributed by atoms with van der Waals surface area (Å²) in [5.74, 6) is -0.416. The van der Waals surface area contributed by atoms with Crippen LogP contribution in [0.4, 0.5) is 0 Å². The standard InChI is InChI=1S/C8H15O2/c1-4-6-8(5-2)10-7(3)9/h8H,3-6H2,1-2H3. The molecule has 0 aliphatic heterocycles. The lowest BCUT2D eigenvalue weighted by Crippen LogP contribution is -2.14. The predicted molar refractivity (Wildman–Crippen MR) is 40.4 cm³/mol. The van der Waals surface area contributed by atoms with Gasteiger partial charge in [-0.25, -0.2) is 0 Å². The summed E-state index contributed by atoms with van der Waals surface area (Å²) in [5.41, 5.74) is 0. The third kappa shape index (κ3) is 4.36. The van der Waals surface area contributed by atoms with Crippen LogP contribution in [-0.2, 0) is 9.53 Å². The van der Waals surface area contributed by atoms with Crippen molar-refractivity contribution < 1.29 is 9.53 Å².